The Kier molecular flexibility index (Phi) is 5.83. The molecule has 2 nitrogen and oxygen atoms in total. The quantitative estimate of drug-likeness (QED) is 0.600. The molecule has 0 saturated carbocycles. The molecule has 0 bridgehead atoms. The van der Waals surface area contributed by atoms with Crippen molar-refractivity contribution in [2.24, 2.45) is 5.41 Å². The summed E-state index contributed by atoms with van der Waals surface area (Å²) in [6.45, 7) is 16.8. The predicted molar refractivity (Wildman–Crippen MR) is 94.0 cm³/mol. The highest BCUT2D eigenvalue weighted by molar-refractivity contribution is 5.96. The second-order valence-electron chi connectivity index (χ2n) is 7.74. The molecule has 0 aliphatic carbocycles. The number of hydrogen-bond acceptors (Lipinski definition) is 2. The molecule has 124 valence electrons. The van der Waals surface area contributed by atoms with Crippen LogP contribution >= 0.6 is 0 Å². The average molecular weight is 304 g/mol. The van der Waals surface area contributed by atoms with E-state index in [2.05, 4.69) is 41.5 Å². The van der Waals surface area contributed by atoms with Gasteiger partial charge in [-0.05, 0) is 69.2 Å². The van der Waals surface area contributed by atoms with Crippen LogP contribution in [0.3, 0.4) is 0 Å². The van der Waals surface area contributed by atoms with Crippen molar-refractivity contribution in [3.05, 3.63) is 28.8 Å². The van der Waals surface area contributed by atoms with Crippen molar-refractivity contribution in [2.75, 3.05) is 0 Å². The van der Waals surface area contributed by atoms with Crippen molar-refractivity contribution >= 4 is 5.78 Å². The van der Waals surface area contributed by atoms with E-state index < -0.39 is 0 Å². The van der Waals surface area contributed by atoms with Crippen molar-refractivity contribution in [1.29, 1.82) is 0 Å². The summed E-state index contributed by atoms with van der Waals surface area (Å²) in [5, 5.41) is 0. The zero-order valence-corrected chi connectivity index (χ0v) is 15.6. The molecule has 0 aromatic heterocycles. The van der Waals surface area contributed by atoms with E-state index in [1.54, 1.807) is 6.92 Å². The average Bonchev–Trinajstić information content (AvgIpc) is 2.39. The van der Waals surface area contributed by atoms with Crippen LogP contribution < -0.4 is 4.74 Å². The van der Waals surface area contributed by atoms with Gasteiger partial charge < -0.3 is 4.74 Å². The maximum absolute atomic E-state index is 11.8. The summed E-state index contributed by atoms with van der Waals surface area (Å²) >= 11 is 0. The summed E-state index contributed by atoms with van der Waals surface area (Å²) in [6, 6.07) is 4.02. The van der Waals surface area contributed by atoms with Gasteiger partial charge in [0.1, 0.15) is 11.4 Å². The van der Waals surface area contributed by atoms with Gasteiger partial charge in [-0.1, -0.05) is 34.1 Å². The van der Waals surface area contributed by atoms with Crippen LogP contribution in [-0.4, -0.2) is 11.4 Å². The topological polar surface area (TPSA) is 26.3 Å². The number of ketones is 1. The summed E-state index contributed by atoms with van der Waals surface area (Å²) in [5.41, 5.74) is 2.94. The minimum absolute atomic E-state index is 0.123. The first-order chi connectivity index (χ1) is 10.0. The number of rotatable bonds is 7. The molecular weight excluding hydrogens is 272 g/mol. The summed E-state index contributed by atoms with van der Waals surface area (Å²) in [5.74, 6) is 1.02. The van der Waals surface area contributed by atoms with Crippen LogP contribution in [0.5, 0.6) is 5.75 Å². The Hall–Kier alpha value is -1.31. The number of carbonyl (C=O) groups is 1. The lowest BCUT2D eigenvalue weighted by Crippen LogP contribution is -2.34. The number of carbonyl (C=O) groups excluding carboxylic acids is 1. The van der Waals surface area contributed by atoms with Gasteiger partial charge >= 0.3 is 0 Å². The van der Waals surface area contributed by atoms with Crippen LogP contribution in [0.25, 0.3) is 0 Å². The van der Waals surface area contributed by atoms with Gasteiger partial charge in [-0.3, -0.25) is 4.79 Å². The van der Waals surface area contributed by atoms with E-state index in [1.807, 2.05) is 19.1 Å². The Morgan fingerprint density at radius 2 is 1.73 bits per heavy atom. The lowest BCUT2D eigenvalue weighted by Gasteiger charge is -2.35. The number of aryl methyl sites for hydroxylation is 2. The third-order valence-corrected chi connectivity index (χ3v) is 4.41. The van der Waals surface area contributed by atoms with Crippen molar-refractivity contribution in [3.8, 4) is 5.75 Å². The van der Waals surface area contributed by atoms with Gasteiger partial charge in [0.05, 0.1) is 0 Å². The molecule has 0 radical (unpaired) electrons. The van der Waals surface area contributed by atoms with E-state index in [1.165, 1.54) is 0 Å². The number of Topliss-reactive ketones (excluding diaryl/α,β-unsaturated/α-hetero) is 1. The lowest BCUT2D eigenvalue weighted by molar-refractivity contribution is 0.0542. The van der Waals surface area contributed by atoms with Gasteiger partial charge in [-0.2, -0.15) is 0 Å². The van der Waals surface area contributed by atoms with Crippen molar-refractivity contribution in [2.45, 2.75) is 80.3 Å². The molecule has 0 aliphatic heterocycles. The van der Waals surface area contributed by atoms with Crippen LogP contribution in [-0.2, 0) is 6.42 Å². The Bertz CT molecular complexity index is 539. The molecule has 1 aromatic rings. The van der Waals surface area contributed by atoms with Crippen molar-refractivity contribution in [1.82, 2.24) is 0 Å². The standard InChI is InChI=1S/C20H32O2/c1-9-16-12-18(14(3)11-17(16)15(4)21)22-20(7,8)13-19(5,6)10-2/h11-12H,9-10,13H2,1-8H3. The Balaban J connectivity index is 3.10. The number of benzene rings is 1. The Morgan fingerprint density at radius 1 is 1.14 bits per heavy atom. The molecule has 1 rings (SSSR count). The van der Waals surface area contributed by atoms with E-state index in [0.29, 0.717) is 0 Å². The molecule has 0 aliphatic rings. The molecule has 0 spiro atoms. The monoisotopic (exact) mass is 304 g/mol. The van der Waals surface area contributed by atoms with E-state index >= 15 is 0 Å². The molecule has 22 heavy (non-hydrogen) atoms. The molecule has 2 heteroatoms. The normalized spacial score (nSPS) is 12.4. The molecule has 0 unspecified atom stereocenters. The second-order valence-corrected chi connectivity index (χ2v) is 7.74. The molecule has 1 aromatic carbocycles. The van der Waals surface area contributed by atoms with Gasteiger partial charge in [0.2, 0.25) is 0 Å². The van der Waals surface area contributed by atoms with Crippen LogP contribution in [0, 0.1) is 12.3 Å². The molecule has 0 N–H and O–H groups in total. The minimum Gasteiger partial charge on any atom is -0.488 e. The number of ether oxygens (including phenoxy) is 1. The lowest BCUT2D eigenvalue weighted by atomic mass is 9.79. The van der Waals surface area contributed by atoms with E-state index in [9.17, 15) is 4.79 Å². The van der Waals surface area contributed by atoms with Gasteiger partial charge in [-0.25, -0.2) is 0 Å². The first-order valence-electron chi connectivity index (χ1n) is 8.35. The van der Waals surface area contributed by atoms with Crippen LogP contribution in [0.2, 0.25) is 0 Å². The predicted octanol–water partition coefficient (Wildman–Crippen LogP) is 5.74. The molecule has 0 amide bonds. The fraction of sp³-hybridized carbons (Fsp3) is 0.650. The molecule has 0 fully saturated rings. The summed E-state index contributed by atoms with van der Waals surface area (Å²) in [7, 11) is 0. The zero-order valence-electron chi connectivity index (χ0n) is 15.6. The van der Waals surface area contributed by atoms with Gasteiger partial charge in [0.15, 0.2) is 5.78 Å². The van der Waals surface area contributed by atoms with Gasteiger partial charge in [0, 0.05) is 5.56 Å². The summed E-state index contributed by atoms with van der Waals surface area (Å²) in [6.07, 6.45) is 2.96. The zero-order chi connectivity index (χ0) is 17.1. The SMILES string of the molecule is CCc1cc(OC(C)(C)CC(C)(C)CC)c(C)cc1C(C)=O. The molecular formula is C20H32O2. The minimum atomic E-state index is -0.229. The van der Waals surface area contributed by atoms with E-state index in [4.69, 9.17) is 4.74 Å². The van der Waals surface area contributed by atoms with E-state index in [0.717, 1.165) is 41.7 Å². The van der Waals surface area contributed by atoms with Crippen LogP contribution in [0.15, 0.2) is 12.1 Å². The van der Waals surface area contributed by atoms with Gasteiger partial charge in [0.25, 0.3) is 0 Å². The summed E-state index contributed by atoms with van der Waals surface area (Å²) in [4.78, 5) is 11.8. The largest absolute Gasteiger partial charge is 0.488 e. The molecule has 0 heterocycles. The molecule has 0 atom stereocenters. The second kappa shape index (κ2) is 6.85. The fourth-order valence-electron chi connectivity index (χ4n) is 3.07. The fourth-order valence-corrected chi connectivity index (χ4v) is 3.07. The smallest absolute Gasteiger partial charge is 0.160 e. The third-order valence-electron chi connectivity index (χ3n) is 4.41. The maximum Gasteiger partial charge on any atom is 0.160 e. The number of hydrogen-bond donors (Lipinski definition) is 0. The van der Waals surface area contributed by atoms with E-state index in [-0.39, 0.29) is 16.8 Å². The van der Waals surface area contributed by atoms with Crippen LogP contribution in [0.1, 0.15) is 82.8 Å². The van der Waals surface area contributed by atoms with Crippen molar-refractivity contribution < 1.29 is 9.53 Å². The van der Waals surface area contributed by atoms with Crippen LogP contribution in [0.4, 0.5) is 0 Å². The molecule has 0 saturated heterocycles. The first kappa shape index (κ1) is 18.7. The first-order valence-corrected chi connectivity index (χ1v) is 8.35. The summed E-state index contributed by atoms with van der Waals surface area (Å²) < 4.78 is 6.34. The highest BCUT2D eigenvalue weighted by Crippen LogP contribution is 2.35. The van der Waals surface area contributed by atoms with Gasteiger partial charge in [-0.15, -0.1) is 0 Å². The maximum atomic E-state index is 11.8. The Morgan fingerprint density at radius 3 is 2.18 bits per heavy atom. The third kappa shape index (κ3) is 4.86. The highest BCUT2D eigenvalue weighted by atomic mass is 16.5. The highest BCUT2D eigenvalue weighted by Gasteiger charge is 2.29. The Labute approximate surface area is 136 Å². The van der Waals surface area contributed by atoms with Crippen molar-refractivity contribution in [3.63, 3.8) is 0 Å².